The second-order valence-electron chi connectivity index (χ2n) is 6.83. The molecule has 5 nitrogen and oxygen atoms in total. The standard InChI is InChI=1S/C21H18ClFN2O3S/c1-27-18-6-2-12(9-17-20(26)25(15-4-5-15)21(29)24-17)8-13(18)11-28-19-7-3-14(23)10-16(19)22/h2-3,6-10,15H,4-5,11H2,1H3,(H,24,29)/b17-9+. The quantitative estimate of drug-likeness (QED) is 0.545. The van der Waals surface area contributed by atoms with E-state index in [0.29, 0.717) is 22.3 Å². The fourth-order valence-corrected chi connectivity index (χ4v) is 3.69. The van der Waals surface area contributed by atoms with Crippen LogP contribution >= 0.6 is 23.8 Å². The van der Waals surface area contributed by atoms with E-state index >= 15 is 0 Å². The molecule has 29 heavy (non-hydrogen) atoms. The van der Waals surface area contributed by atoms with E-state index in [0.717, 1.165) is 24.0 Å². The molecule has 0 bridgehead atoms. The van der Waals surface area contributed by atoms with E-state index in [2.05, 4.69) is 5.32 Å². The first-order valence-electron chi connectivity index (χ1n) is 9.07. The minimum atomic E-state index is -0.430. The van der Waals surface area contributed by atoms with Crippen LogP contribution in [-0.4, -0.2) is 29.1 Å². The van der Waals surface area contributed by atoms with Gasteiger partial charge in [0.25, 0.3) is 5.91 Å². The van der Waals surface area contributed by atoms with Gasteiger partial charge in [-0.05, 0) is 67.0 Å². The molecule has 8 heteroatoms. The zero-order valence-electron chi connectivity index (χ0n) is 15.6. The Morgan fingerprint density at radius 3 is 2.72 bits per heavy atom. The van der Waals surface area contributed by atoms with Gasteiger partial charge in [-0.1, -0.05) is 17.7 Å². The van der Waals surface area contributed by atoms with E-state index in [1.54, 1.807) is 24.2 Å². The molecule has 150 valence electrons. The molecule has 2 aliphatic rings. The van der Waals surface area contributed by atoms with Gasteiger partial charge in [-0.2, -0.15) is 0 Å². The molecule has 0 unspecified atom stereocenters. The summed E-state index contributed by atoms with van der Waals surface area (Å²) in [5, 5.41) is 3.64. The fourth-order valence-electron chi connectivity index (χ4n) is 3.13. The first-order chi connectivity index (χ1) is 14.0. The molecule has 0 atom stereocenters. The summed E-state index contributed by atoms with van der Waals surface area (Å²) in [6, 6.07) is 9.68. The van der Waals surface area contributed by atoms with Gasteiger partial charge in [0.2, 0.25) is 0 Å². The highest BCUT2D eigenvalue weighted by atomic mass is 35.5. The van der Waals surface area contributed by atoms with E-state index in [9.17, 15) is 9.18 Å². The molecule has 0 spiro atoms. The number of halogens is 2. The minimum absolute atomic E-state index is 0.107. The van der Waals surface area contributed by atoms with Crippen LogP contribution in [0.4, 0.5) is 4.39 Å². The normalized spacial score (nSPS) is 17.6. The summed E-state index contributed by atoms with van der Waals surface area (Å²) >= 11 is 11.3. The third-order valence-corrected chi connectivity index (χ3v) is 5.31. The molecule has 1 heterocycles. The third kappa shape index (κ3) is 4.21. The summed E-state index contributed by atoms with van der Waals surface area (Å²) in [6.45, 7) is 0.166. The van der Waals surface area contributed by atoms with Crippen LogP contribution in [0.1, 0.15) is 24.0 Å². The number of benzene rings is 2. The predicted molar refractivity (Wildman–Crippen MR) is 112 cm³/mol. The molecule has 1 aliphatic heterocycles. The average Bonchev–Trinajstić information content (AvgIpc) is 3.47. The Labute approximate surface area is 178 Å². The molecular formula is C21H18ClFN2O3S. The van der Waals surface area contributed by atoms with E-state index in [-0.39, 0.29) is 23.6 Å². The lowest BCUT2D eigenvalue weighted by atomic mass is 10.1. The third-order valence-electron chi connectivity index (χ3n) is 4.71. The van der Waals surface area contributed by atoms with Gasteiger partial charge in [0.15, 0.2) is 5.11 Å². The Balaban J connectivity index is 1.55. The molecule has 2 aromatic carbocycles. The van der Waals surface area contributed by atoms with Crippen molar-refractivity contribution in [1.82, 2.24) is 10.2 Å². The Hall–Kier alpha value is -2.64. The molecule has 1 saturated heterocycles. The van der Waals surface area contributed by atoms with Crippen molar-refractivity contribution < 1.29 is 18.7 Å². The van der Waals surface area contributed by atoms with Gasteiger partial charge in [0, 0.05) is 11.6 Å². The monoisotopic (exact) mass is 432 g/mol. The number of carbonyl (C=O) groups is 1. The number of hydrogen-bond donors (Lipinski definition) is 1. The van der Waals surface area contributed by atoms with Gasteiger partial charge in [-0.15, -0.1) is 0 Å². The highest BCUT2D eigenvalue weighted by Crippen LogP contribution is 2.32. The van der Waals surface area contributed by atoms with Crippen molar-refractivity contribution in [3.05, 3.63) is 64.1 Å². The summed E-state index contributed by atoms with van der Waals surface area (Å²) in [5.41, 5.74) is 2.00. The SMILES string of the molecule is COc1ccc(/C=C2/NC(=S)N(C3CC3)C2=O)cc1COc1ccc(F)cc1Cl. The zero-order valence-corrected chi connectivity index (χ0v) is 17.1. The van der Waals surface area contributed by atoms with Crippen molar-refractivity contribution in [3.8, 4) is 11.5 Å². The van der Waals surface area contributed by atoms with Gasteiger partial charge in [-0.3, -0.25) is 9.69 Å². The largest absolute Gasteiger partial charge is 0.496 e. The maximum Gasteiger partial charge on any atom is 0.276 e. The zero-order chi connectivity index (χ0) is 20.5. The van der Waals surface area contributed by atoms with Crippen molar-refractivity contribution in [2.75, 3.05) is 7.11 Å². The highest BCUT2D eigenvalue weighted by Gasteiger charge is 2.41. The average molecular weight is 433 g/mol. The van der Waals surface area contributed by atoms with Gasteiger partial charge >= 0.3 is 0 Å². The van der Waals surface area contributed by atoms with E-state index in [1.807, 2.05) is 12.1 Å². The Bertz CT molecular complexity index is 1020. The van der Waals surface area contributed by atoms with Crippen molar-refractivity contribution >= 4 is 40.9 Å². The first kappa shape index (κ1) is 19.7. The van der Waals surface area contributed by atoms with Crippen molar-refractivity contribution in [1.29, 1.82) is 0 Å². The topological polar surface area (TPSA) is 50.8 Å². The number of rotatable bonds is 6. The summed E-state index contributed by atoms with van der Waals surface area (Å²) in [4.78, 5) is 14.2. The lowest BCUT2D eigenvalue weighted by Gasteiger charge is -2.12. The van der Waals surface area contributed by atoms with Crippen molar-refractivity contribution in [2.45, 2.75) is 25.5 Å². The van der Waals surface area contributed by atoms with Crippen LogP contribution in [0.2, 0.25) is 5.02 Å². The highest BCUT2D eigenvalue weighted by molar-refractivity contribution is 7.80. The summed E-state index contributed by atoms with van der Waals surface area (Å²) in [7, 11) is 1.57. The molecule has 2 fully saturated rings. The Morgan fingerprint density at radius 2 is 2.03 bits per heavy atom. The number of nitrogens with one attached hydrogen (secondary N) is 1. The van der Waals surface area contributed by atoms with E-state index in [4.69, 9.17) is 33.3 Å². The van der Waals surface area contributed by atoms with Gasteiger partial charge in [-0.25, -0.2) is 4.39 Å². The van der Waals surface area contributed by atoms with Gasteiger partial charge < -0.3 is 14.8 Å². The van der Waals surface area contributed by atoms with Crippen LogP contribution in [0.15, 0.2) is 42.1 Å². The van der Waals surface area contributed by atoms with Crippen LogP contribution in [0.25, 0.3) is 6.08 Å². The predicted octanol–water partition coefficient (Wildman–Crippen LogP) is 4.29. The lowest BCUT2D eigenvalue weighted by Crippen LogP contribution is -2.32. The van der Waals surface area contributed by atoms with Crippen LogP contribution in [-0.2, 0) is 11.4 Å². The second-order valence-corrected chi connectivity index (χ2v) is 7.62. The molecule has 4 rings (SSSR count). The number of ether oxygens (including phenoxy) is 2. The molecule has 0 aromatic heterocycles. The van der Waals surface area contributed by atoms with Gasteiger partial charge in [0.1, 0.15) is 29.6 Å². The van der Waals surface area contributed by atoms with Crippen LogP contribution in [0.5, 0.6) is 11.5 Å². The Morgan fingerprint density at radius 1 is 1.28 bits per heavy atom. The maximum absolute atomic E-state index is 13.2. The number of carbonyl (C=O) groups excluding carboxylic acids is 1. The summed E-state index contributed by atoms with van der Waals surface area (Å²) in [6.07, 6.45) is 3.72. The van der Waals surface area contributed by atoms with Crippen molar-refractivity contribution in [2.24, 2.45) is 0 Å². The van der Waals surface area contributed by atoms with E-state index in [1.165, 1.54) is 18.2 Å². The molecule has 2 aromatic rings. The first-order valence-corrected chi connectivity index (χ1v) is 9.86. The number of hydrogen-bond acceptors (Lipinski definition) is 4. The van der Waals surface area contributed by atoms with Crippen LogP contribution < -0.4 is 14.8 Å². The van der Waals surface area contributed by atoms with Crippen LogP contribution in [0.3, 0.4) is 0 Å². The molecule has 1 saturated carbocycles. The molecule has 0 radical (unpaired) electrons. The Kier molecular flexibility index (Phi) is 5.43. The smallest absolute Gasteiger partial charge is 0.276 e. The maximum atomic E-state index is 13.2. The fraction of sp³-hybridized carbons (Fsp3) is 0.238. The minimum Gasteiger partial charge on any atom is -0.496 e. The molecule has 1 amide bonds. The van der Waals surface area contributed by atoms with Gasteiger partial charge in [0.05, 0.1) is 12.1 Å². The number of amides is 1. The second kappa shape index (κ2) is 8.00. The lowest BCUT2D eigenvalue weighted by molar-refractivity contribution is -0.122. The molecule has 1 aliphatic carbocycles. The van der Waals surface area contributed by atoms with E-state index < -0.39 is 5.82 Å². The molecular weight excluding hydrogens is 415 g/mol. The van der Waals surface area contributed by atoms with Crippen molar-refractivity contribution in [3.63, 3.8) is 0 Å². The number of methoxy groups -OCH3 is 1. The molecule has 1 N–H and O–H groups in total. The van der Waals surface area contributed by atoms with Crippen LogP contribution in [0, 0.1) is 5.82 Å². The number of nitrogens with zero attached hydrogens (tertiary/aromatic N) is 1. The number of thiocarbonyl (C=S) groups is 1. The summed E-state index contributed by atoms with van der Waals surface area (Å²) < 4.78 is 24.3. The summed E-state index contributed by atoms with van der Waals surface area (Å²) in [5.74, 6) is 0.466.